The van der Waals surface area contributed by atoms with Crippen LogP contribution < -0.4 is 5.32 Å². The van der Waals surface area contributed by atoms with E-state index in [9.17, 15) is 0 Å². The van der Waals surface area contributed by atoms with E-state index >= 15 is 0 Å². The monoisotopic (exact) mass is 339 g/mol. The third-order valence-electron chi connectivity index (χ3n) is 5.25. The van der Waals surface area contributed by atoms with Crippen LogP contribution in [0.5, 0.6) is 0 Å². The third-order valence-corrected chi connectivity index (χ3v) is 5.25. The number of benzene rings is 2. The highest BCUT2D eigenvalue weighted by Crippen LogP contribution is 2.41. The fourth-order valence-corrected chi connectivity index (χ4v) is 3.87. The maximum atomic E-state index is 6.61. The van der Waals surface area contributed by atoms with Crippen LogP contribution in [-0.2, 0) is 20.0 Å². The summed E-state index contributed by atoms with van der Waals surface area (Å²) in [6, 6.07) is 20.7. The predicted octanol–water partition coefficient (Wildman–Crippen LogP) is 3.07. The maximum Gasteiger partial charge on any atom is 0.222 e. The minimum Gasteiger partial charge on any atom is -0.381 e. The van der Waals surface area contributed by atoms with E-state index in [2.05, 4.69) is 29.6 Å². The Labute approximate surface area is 149 Å². The van der Waals surface area contributed by atoms with Crippen LogP contribution >= 0.6 is 0 Å². The summed E-state index contributed by atoms with van der Waals surface area (Å²) in [5.74, 6) is -0.838. The van der Waals surface area contributed by atoms with E-state index in [0.717, 1.165) is 30.5 Å². The quantitative estimate of drug-likeness (QED) is 0.929. The molecule has 0 amide bonds. The summed E-state index contributed by atoms with van der Waals surface area (Å²) in [4.78, 5) is 0. The molecule has 2 aliphatic rings. The molecule has 2 fully saturated rings. The summed E-state index contributed by atoms with van der Waals surface area (Å²) in [5, 5.41) is 3.58. The van der Waals surface area contributed by atoms with Gasteiger partial charge in [0.2, 0.25) is 5.79 Å². The molecule has 0 spiro atoms. The highest BCUT2D eigenvalue weighted by Gasteiger charge is 2.47. The number of hydrogen-bond acceptors (Lipinski definition) is 4. The normalized spacial score (nSPS) is 28.8. The fourth-order valence-electron chi connectivity index (χ4n) is 3.87. The first-order valence-electron chi connectivity index (χ1n) is 9.01. The standard InChI is InChI=1S/C21H25NO3/c1-23-18-12-13-22-19(14-18)20-15-24-21(25-20,16-8-4-2-5-9-16)17-10-6-3-7-11-17/h2-11,18-20,22H,12-15H2,1H3/t18-,19+,20+/m1/s1. The Morgan fingerprint density at radius 3 is 2.24 bits per heavy atom. The number of piperidine rings is 1. The van der Waals surface area contributed by atoms with E-state index in [1.54, 1.807) is 7.11 Å². The first-order chi connectivity index (χ1) is 12.3. The number of methoxy groups -OCH3 is 1. The Morgan fingerprint density at radius 2 is 1.64 bits per heavy atom. The molecule has 25 heavy (non-hydrogen) atoms. The SMILES string of the molecule is CO[C@@H]1CCN[C@H]([C@@H]2COC(c3ccccc3)(c3ccccc3)O2)C1. The van der Waals surface area contributed by atoms with Crippen LogP contribution in [0.2, 0.25) is 0 Å². The molecule has 0 aliphatic carbocycles. The van der Waals surface area contributed by atoms with Gasteiger partial charge in [-0.3, -0.25) is 0 Å². The molecule has 2 aromatic rings. The van der Waals surface area contributed by atoms with Gasteiger partial charge in [0.05, 0.1) is 12.7 Å². The largest absolute Gasteiger partial charge is 0.381 e. The Morgan fingerprint density at radius 1 is 1.00 bits per heavy atom. The van der Waals surface area contributed by atoms with Crippen LogP contribution in [0.4, 0.5) is 0 Å². The first kappa shape index (κ1) is 16.7. The molecule has 0 bridgehead atoms. The molecule has 4 heteroatoms. The molecule has 2 saturated heterocycles. The van der Waals surface area contributed by atoms with E-state index in [4.69, 9.17) is 14.2 Å². The van der Waals surface area contributed by atoms with Gasteiger partial charge in [-0.25, -0.2) is 0 Å². The zero-order chi connectivity index (χ0) is 17.1. The van der Waals surface area contributed by atoms with Gasteiger partial charge in [0.1, 0.15) is 6.10 Å². The average Bonchev–Trinajstić information content (AvgIpc) is 3.16. The highest BCUT2D eigenvalue weighted by molar-refractivity contribution is 5.34. The predicted molar refractivity (Wildman–Crippen MR) is 96.3 cm³/mol. The van der Waals surface area contributed by atoms with E-state index in [1.165, 1.54) is 0 Å². The van der Waals surface area contributed by atoms with Crippen molar-refractivity contribution in [3.05, 3.63) is 71.8 Å². The molecular formula is C21H25NO3. The molecule has 2 heterocycles. The van der Waals surface area contributed by atoms with Crippen molar-refractivity contribution in [2.45, 2.75) is 36.9 Å². The third kappa shape index (κ3) is 3.23. The van der Waals surface area contributed by atoms with Crippen LogP contribution in [0.1, 0.15) is 24.0 Å². The molecular weight excluding hydrogens is 314 g/mol. The van der Waals surface area contributed by atoms with Crippen LogP contribution in [0.3, 0.4) is 0 Å². The smallest absolute Gasteiger partial charge is 0.222 e. The molecule has 0 aromatic heterocycles. The molecule has 3 atom stereocenters. The van der Waals surface area contributed by atoms with Crippen molar-refractivity contribution >= 4 is 0 Å². The summed E-state index contributed by atoms with van der Waals surface area (Å²) in [6.45, 7) is 1.52. The highest BCUT2D eigenvalue weighted by atomic mass is 16.7. The molecule has 4 rings (SSSR count). The lowest BCUT2D eigenvalue weighted by Crippen LogP contribution is -2.49. The first-order valence-corrected chi connectivity index (χ1v) is 9.01. The summed E-state index contributed by atoms with van der Waals surface area (Å²) in [5.41, 5.74) is 2.06. The summed E-state index contributed by atoms with van der Waals surface area (Å²) in [6.07, 6.45) is 2.28. The molecule has 132 valence electrons. The van der Waals surface area contributed by atoms with Gasteiger partial charge in [0.15, 0.2) is 0 Å². The van der Waals surface area contributed by atoms with Crippen molar-refractivity contribution in [3.8, 4) is 0 Å². The van der Waals surface area contributed by atoms with Gasteiger partial charge < -0.3 is 19.5 Å². The zero-order valence-electron chi connectivity index (χ0n) is 14.6. The van der Waals surface area contributed by atoms with Gasteiger partial charge in [0, 0.05) is 24.3 Å². The van der Waals surface area contributed by atoms with E-state index in [1.807, 2.05) is 36.4 Å². The number of rotatable bonds is 4. The van der Waals surface area contributed by atoms with Crippen molar-refractivity contribution in [1.82, 2.24) is 5.32 Å². The van der Waals surface area contributed by atoms with Gasteiger partial charge >= 0.3 is 0 Å². The number of nitrogens with one attached hydrogen (secondary N) is 1. The van der Waals surface area contributed by atoms with Crippen molar-refractivity contribution < 1.29 is 14.2 Å². The van der Waals surface area contributed by atoms with Crippen molar-refractivity contribution in [2.75, 3.05) is 20.3 Å². The molecule has 0 radical (unpaired) electrons. The Bertz CT molecular complexity index is 637. The van der Waals surface area contributed by atoms with Gasteiger partial charge in [-0.15, -0.1) is 0 Å². The topological polar surface area (TPSA) is 39.7 Å². The second-order valence-electron chi connectivity index (χ2n) is 6.76. The van der Waals surface area contributed by atoms with Gasteiger partial charge in [0.25, 0.3) is 0 Å². The van der Waals surface area contributed by atoms with Crippen LogP contribution in [-0.4, -0.2) is 38.5 Å². The summed E-state index contributed by atoms with van der Waals surface area (Å²) in [7, 11) is 1.79. The minimum atomic E-state index is -0.838. The molecule has 2 aromatic carbocycles. The van der Waals surface area contributed by atoms with Crippen molar-refractivity contribution in [3.63, 3.8) is 0 Å². The second kappa shape index (κ2) is 7.26. The number of hydrogen-bond donors (Lipinski definition) is 1. The van der Waals surface area contributed by atoms with Crippen LogP contribution in [0, 0.1) is 0 Å². The second-order valence-corrected chi connectivity index (χ2v) is 6.76. The van der Waals surface area contributed by atoms with Gasteiger partial charge in [-0.05, 0) is 19.4 Å². The minimum absolute atomic E-state index is 0.00152. The molecule has 1 N–H and O–H groups in total. The van der Waals surface area contributed by atoms with Gasteiger partial charge in [-0.2, -0.15) is 0 Å². The van der Waals surface area contributed by atoms with Crippen molar-refractivity contribution in [2.24, 2.45) is 0 Å². The molecule has 2 aliphatic heterocycles. The lowest BCUT2D eigenvalue weighted by molar-refractivity contribution is -0.148. The maximum absolute atomic E-state index is 6.61. The van der Waals surface area contributed by atoms with Crippen molar-refractivity contribution in [1.29, 1.82) is 0 Å². The lowest BCUT2D eigenvalue weighted by Gasteiger charge is -2.34. The zero-order valence-corrected chi connectivity index (χ0v) is 14.6. The number of ether oxygens (including phenoxy) is 3. The Balaban J connectivity index is 1.63. The summed E-state index contributed by atoms with van der Waals surface area (Å²) >= 11 is 0. The Hall–Kier alpha value is -1.72. The van der Waals surface area contributed by atoms with E-state index in [0.29, 0.717) is 12.7 Å². The van der Waals surface area contributed by atoms with E-state index < -0.39 is 5.79 Å². The van der Waals surface area contributed by atoms with Gasteiger partial charge in [-0.1, -0.05) is 60.7 Å². The van der Waals surface area contributed by atoms with E-state index in [-0.39, 0.29) is 12.1 Å². The molecule has 0 saturated carbocycles. The lowest BCUT2D eigenvalue weighted by atomic mass is 9.96. The molecule has 4 nitrogen and oxygen atoms in total. The van der Waals surface area contributed by atoms with Crippen LogP contribution in [0.25, 0.3) is 0 Å². The summed E-state index contributed by atoms with van der Waals surface area (Å²) < 4.78 is 18.5. The Kier molecular flexibility index (Phi) is 4.86. The van der Waals surface area contributed by atoms with Crippen LogP contribution in [0.15, 0.2) is 60.7 Å². The fraction of sp³-hybridized carbons (Fsp3) is 0.429. The molecule has 0 unspecified atom stereocenters. The average molecular weight is 339 g/mol.